The van der Waals surface area contributed by atoms with E-state index in [1.165, 1.54) is 4.88 Å². The van der Waals surface area contributed by atoms with Crippen LogP contribution in [0.2, 0.25) is 0 Å². The van der Waals surface area contributed by atoms with Crippen LogP contribution < -0.4 is 5.32 Å². The van der Waals surface area contributed by atoms with Crippen molar-refractivity contribution in [1.29, 1.82) is 0 Å². The molecule has 2 heterocycles. The van der Waals surface area contributed by atoms with Crippen molar-refractivity contribution in [2.45, 2.75) is 25.8 Å². The Kier molecular flexibility index (Phi) is 4.01. The first-order valence-electron chi connectivity index (χ1n) is 6.99. The van der Waals surface area contributed by atoms with E-state index >= 15 is 0 Å². The molecule has 1 amide bonds. The first kappa shape index (κ1) is 13.8. The van der Waals surface area contributed by atoms with Gasteiger partial charge in [0.05, 0.1) is 17.1 Å². The van der Waals surface area contributed by atoms with Crippen molar-refractivity contribution in [2.24, 2.45) is 0 Å². The molecule has 2 aromatic heterocycles. The first-order chi connectivity index (χ1) is 10.2. The molecule has 0 saturated heterocycles. The predicted octanol–water partition coefficient (Wildman–Crippen LogP) is 3.43. The molecule has 0 aliphatic heterocycles. The van der Waals surface area contributed by atoms with Gasteiger partial charge < -0.3 is 10.3 Å². The number of hydrogen-bond acceptors (Lipinski definition) is 3. The number of hydrogen-bond donors (Lipinski definition) is 2. The van der Waals surface area contributed by atoms with Crippen LogP contribution in [0.25, 0.3) is 11.0 Å². The fourth-order valence-corrected chi connectivity index (χ4v) is 3.01. The Bertz CT molecular complexity index is 700. The molecule has 1 aromatic carbocycles. The molecule has 108 valence electrons. The number of imidazole rings is 1. The van der Waals surface area contributed by atoms with E-state index in [1.54, 1.807) is 11.3 Å². The van der Waals surface area contributed by atoms with Gasteiger partial charge in [-0.05, 0) is 30.5 Å². The van der Waals surface area contributed by atoms with Crippen molar-refractivity contribution in [1.82, 2.24) is 15.3 Å². The minimum absolute atomic E-state index is 0.0522. The minimum Gasteiger partial charge on any atom is -0.349 e. The summed E-state index contributed by atoms with van der Waals surface area (Å²) in [6.45, 7) is 2.00. The van der Waals surface area contributed by atoms with Crippen LogP contribution in [0.1, 0.15) is 30.1 Å². The fraction of sp³-hybridized carbons (Fsp3) is 0.250. The lowest BCUT2D eigenvalue weighted by atomic mass is 10.2. The molecule has 0 spiro atoms. The van der Waals surface area contributed by atoms with Gasteiger partial charge in [-0.2, -0.15) is 0 Å². The molecular formula is C16H17N3OS. The summed E-state index contributed by atoms with van der Waals surface area (Å²) >= 11 is 1.66. The molecule has 0 bridgehead atoms. The summed E-state index contributed by atoms with van der Waals surface area (Å²) in [7, 11) is 0. The van der Waals surface area contributed by atoms with Crippen molar-refractivity contribution < 1.29 is 4.79 Å². The second-order valence-corrected chi connectivity index (χ2v) is 5.98. The standard InChI is InChI=1S/C16H17N3OS/c1-11(14-7-4-10-21-14)17-16(20)9-8-15-18-12-5-2-3-6-13(12)19-15/h2-7,10-11H,8-9H2,1H3,(H,17,20)(H,18,19)/t11-/m0/s1. The average molecular weight is 299 g/mol. The molecule has 0 saturated carbocycles. The number of aryl methyl sites for hydroxylation is 1. The number of carbonyl (C=O) groups is 1. The second-order valence-electron chi connectivity index (χ2n) is 5.01. The molecule has 0 aliphatic carbocycles. The third-order valence-corrected chi connectivity index (χ3v) is 4.43. The highest BCUT2D eigenvalue weighted by Crippen LogP contribution is 2.18. The van der Waals surface area contributed by atoms with E-state index in [2.05, 4.69) is 15.3 Å². The van der Waals surface area contributed by atoms with E-state index in [9.17, 15) is 4.79 Å². The molecule has 0 radical (unpaired) electrons. The van der Waals surface area contributed by atoms with Crippen molar-refractivity contribution in [3.63, 3.8) is 0 Å². The number of rotatable bonds is 5. The smallest absolute Gasteiger partial charge is 0.220 e. The first-order valence-corrected chi connectivity index (χ1v) is 7.87. The maximum atomic E-state index is 12.0. The Hall–Kier alpha value is -2.14. The Morgan fingerprint density at radius 1 is 1.33 bits per heavy atom. The van der Waals surface area contributed by atoms with Gasteiger partial charge in [-0.3, -0.25) is 4.79 Å². The quantitative estimate of drug-likeness (QED) is 0.758. The predicted molar refractivity (Wildman–Crippen MR) is 85.3 cm³/mol. The number of H-pyrrole nitrogens is 1. The highest BCUT2D eigenvalue weighted by Gasteiger charge is 2.11. The van der Waals surface area contributed by atoms with E-state index in [4.69, 9.17) is 0 Å². The van der Waals surface area contributed by atoms with Crippen LogP contribution in [-0.4, -0.2) is 15.9 Å². The lowest BCUT2D eigenvalue weighted by Crippen LogP contribution is -2.26. The summed E-state index contributed by atoms with van der Waals surface area (Å²) in [5, 5.41) is 5.04. The summed E-state index contributed by atoms with van der Waals surface area (Å²) in [5.41, 5.74) is 1.96. The molecule has 4 nitrogen and oxygen atoms in total. The van der Waals surface area contributed by atoms with Gasteiger partial charge in [0.2, 0.25) is 5.91 Å². The fourth-order valence-electron chi connectivity index (χ4n) is 2.28. The number of carbonyl (C=O) groups excluding carboxylic acids is 1. The lowest BCUT2D eigenvalue weighted by Gasteiger charge is -2.11. The van der Waals surface area contributed by atoms with E-state index in [0.29, 0.717) is 12.8 Å². The highest BCUT2D eigenvalue weighted by atomic mass is 32.1. The Morgan fingerprint density at radius 3 is 2.95 bits per heavy atom. The van der Waals surface area contributed by atoms with Crippen LogP contribution in [0.15, 0.2) is 41.8 Å². The van der Waals surface area contributed by atoms with Gasteiger partial charge in [0.25, 0.3) is 0 Å². The maximum absolute atomic E-state index is 12.0. The van der Waals surface area contributed by atoms with Gasteiger partial charge in [0, 0.05) is 17.7 Å². The number of aromatic amines is 1. The largest absolute Gasteiger partial charge is 0.349 e. The molecule has 2 N–H and O–H groups in total. The van der Waals surface area contributed by atoms with Gasteiger partial charge in [-0.15, -0.1) is 11.3 Å². The van der Waals surface area contributed by atoms with Crippen LogP contribution in [0.3, 0.4) is 0 Å². The number of fused-ring (bicyclic) bond motifs is 1. The number of nitrogens with one attached hydrogen (secondary N) is 2. The summed E-state index contributed by atoms with van der Waals surface area (Å²) < 4.78 is 0. The SMILES string of the molecule is C[C@H](NC(=O)CCc1nc2ccccc2[nH]1)c1cccs1. The monoisotopic (exact) mass is 299 g/mol. The van der Waals surface area contributed by atoms with E-state index in [1.807, 2.05) is 48.7 Å². The Morgan fingerprint density at radius 2 is 2.19 bits per heavy atom. The molecule has 0 unspecified atom stereocenters. The maximum Gasteiger partial charge on any atom is 0.220 e. The topological polar surface area (TPSA) is 57.8 Å². The molecule has 1 atom stereocenters. The third kappa shape index (κ3) is 3.31. The number of nitrogens with zero attached hydrogens (tertiary/aromatic N) is 1. The van der Waals surface area contributed by atoms with Crippen molar-refractivity contribution in [2.75, 3.05) is 0 Å². The zero-order valence-electron chi connectivity index (χ0n) is 11.8. The van der Waals surface area contributed by atoms with Gasteiger partial charge in [0.15, 0.2) is 0 Å². The van der Waals surface area contributed by atoms with Gasteiger partial charge in [-0.25, -0.2) is 4.98 Å². The molecule has 3 aromatic rings. The molecule has 5 heteroatoms. The van der Waals surface area contributed by atoms with Crippen molar-refractivity contribution in [3.8, 4) is 0 Å². The normalized spacial score (nSPS) is 12.4. The van der Waals surface area contributed by atoms with Gasteiger partial charge in [0.1, 0.15) is 5.82 Å². The zero-order valence-corrected chi connectivity index (χ0v) is 12.6. The van der Waals surface area contributed by atoms with Crippen LogP contribution in [-0.2, 0) is 11.2 Å². The zero-order chi connectivity index (χ0) is 14.7. The molecule has 0 fully saturated rings. The van der Waals surface area contributed by atoms with Crippen molar-refractivity contribution >= 4 is 28.3 Å². The summed E-state index contributed by atoms with van der Waals surface area (Å²) in [6, 6.07) is 12.0. The van der Waals surface area contributed by atoms with Gasteiger partial charge in [-0.1, -0.05) is 18.2 Å². The highest BCUT2D eigenvalue weighted by molar-refractivity contribution is 7.10. The van der Waals surface area contributed by atoms with Gasteiger partial charge >= 0.3 is 0 Å². The number of amides is 1. The molecule has 3 rings (SSSR count). The summed E-state index contributed by atoms with van der Waals surface area (Å²) in [6.07, 6.45) is 1.06. The molecule has 21 heavy (non-hydrogen) atoms. The average Bonchev–Trinajstić information content (AvgIpc) is 3.14. The van der Waals surface area contributed by atoms with Crippen LogP contribution in [0.4, 0.5) is 0 Å². The number of aromatic nitrogens is 2. The summed E-state index contributed by atoms with van der Waals surface area (Å²) in [4.78, 5) is 20.9. The lowest BCUT2D eigenvalue weighted by molar-refractivity contribution is -0.121. The number of thiophene rings is 1. The van der Waals surface area contributed by atoms with Crippen LogP contribution >= 0.6 is 11.3 Å². The minimum atomic E-state index is 0.0522. The van der Waals surface area contributed by atoms with Crippen LogP contribution in [0.5, 0.6) is 0 Å². The molecule has 0 aliphatic rings. The Balaban J connectivity index is 1.56. The second kappa shape index (κ2) is 6.10. The van der Waals surface area contributed by atoms with Crippen LogP contribution in [0, 0.1) is 0 Å². The number of benzene rings is 1. The van der Waals surface area contributed by atoms with E-state index in [-0.39, 0.29) is 11.9 Å². The van der Waals surface area contributed by atoms with Crippen molar-refractivity contribution in [3.05, 3.63) is 52.5 Å². The Labute approximate surface area is 127 Å². The molecular weight excluding hydrogens is 282 g/mol. The van der Waals surface area contributed by atoms with E-state index < -0.39 is 0 Å². The summed E-state index contributed by atoms with van der Waals surface area (Å²) in [5.74, 6) is 0.909. The number of para-hydroxylation sites is 2. The third-order valence-electron chi connectivity index (χ3n) is 3.37. The van der Waals surface area contributed by atoms with E-state index in [0.717, 1.165) is 16.9 Å².